The summed E-state index contributed by atoms with van der Waals surface area (Å²) in [6, 6.07) is 20.6. The van der Waals surface area contributed by atoms with Crippen molar-refractivity contribution in [2.45, 2.75) is 51.2 Å². The molecule has 40 heavy (non-hydrogen) atoms. The molecule has 3 aromatic carbocycles. The smallest absolute Gasteiger partial charge is 0.258 e. The number of aliphatic hydroxyl groups is 1. The summed E-state index contributed by atoms with van der Waals surface area (Å²) in [5.41, 5.74) is 2.74. The van der Waals surface area contributed by atoms with Crippen LogP contribution in [0.4, 0.5) is 0 Å². The lowest BCUT2D eigenvalue weighted by molar-refractivity contribution is -0.124. The number of carbonyl (C=O) groups is 1. The van der Waals surface area contributed by atoms with E-state index in [1.807, 2.05) is 76.2 Å². The molecule has 0 aliphatic heterocycles. The predicted octanol–water partition coefficient (Wildman–Crippen LogP) is 4.13. The molecule has 0 bridgehead atoms. The number of hydrogen-bond acceptors (Lipinski definition) is 6. The number of nitrogens with zero attached hydrogens (tertiary/aromatic N) is 1. The molecule has 8 nitrogen and oxygen atoms in total. The second kappa shape index (κ2) is 14.3. The van der Waals surface area contributed by atoms with Gasteiger partial charge >= 0.3 is 0 Å². The highest BCUT2D eigenvalue weighted by atomic mass is 32.2. The molecule has 0 saturated heterocycles. The SMILES string of the molecule is COc1ccc(S(=O)(=O)N(CC(C)C)CC(O)C(Cc2ccccc2)NC(=O)COc2c(C)cccc2C)cc1. The second-order valence-corrected chi connectivity index (χ2v) is 12.3. The molecule has 0 saturated carbocycles. The predicted molar refractivity (Wildman–Crippen MR) is 156 cm³/mol. The van der Waals surface area contributed by atoms with Gasteiger partial charge in [-0.2, -0.15) is 4.31 Å². The molecule has 2 unspecified atom stereocenters. The minimum Gasteiger partial charge on any atom is -0.497 e. The van der Waals surface area contributed by atoms with Crippen molar-refractivity contribution in [3.63, 3.8) is 0 Å². The fourth-order valence-corrected chi connectivity index (χ4v) is 6.10. The number of aliphatic hydroxyl groups excluding tert-OH is 1. The molecule has 0 aliphatic rings. The van der Waals surface area contributed by atoms with Gasteiger partial charge in [0.1, 0.15) is 11.5 Å². The van der Waals surface area contributed by atoms with E-state index in [1.54, 1.807) is 12.1 Å². The fourth-order valence-electron chi connectivity index (χ4n) is 4.47. The molecule has 2 N–H and O–H groups in total. The molecule has 0 radical (unpaired) electrons. The molecule has 2 atom stereocenters. The van der Waals surface area contributed by atoms with Crippen molar-refractivity contribution in [3.05, 3.63) is 89.5 Å². The van der Waals surface area contributed by atoms with E-state index in [9.17, 15) is 18.3 Å². The standard InChI is InChI=1S/C31H40N2O6S/c1-22(2)19-33(40(36,37)27-16-14-26(38-5)15-17-27)20-29(34)28(18-25-12-7-6-8-13-25)32-30(35)21-39-31-23(3)10-9-11-24(31)4/h6-17,22,28-29,34H,18-21H2,1-5H3,(H,32,35). The Labute approximate surface area is 238 Å². The maximum atomic E-state index is 13.6. The summed E-state index contributed by atoms with van der Waals surface area (Å²) >= 11 is 0. The highest BCUT2D eigenvalue weighted by molar-refractivity contribution is 7.89. The molecule has 0 fully saturated rings. The van der Waals surface area contributed by atoms with Crippen LogP contribution in [0.25, 0.3) is 0 Å². The monoisotopic (exact) mass is 568 g/mol. The number of amides is 1. The van der Waals surface area contributed by atoms with Gasteiger partial charge in [-0.05, 0) is 67.1 Å². The molecule has 1 amide bonds. The van der Waals surface area contributed by atoms with Crippen molar-refractivity contribution in [2.75, 3.05) is 26.8 Å². The van der Waals surface area contributed by atoms with Crippen LogP contribution in [0.15, 0.2) is 77.7 Å². The molecule has 0 spiro atoms. The number of sulfonamides is 1. The quantitative estimate of drug-likeness (QED) is 0.303. The number of carbonyl (C=O) groups excluding carboxylic acids is 1. The highest BCUT2D eigenvalue weighted by Crippen LogP contribution is 2.23. The van der Waals surface area contributed by atoms with E-state index in [-0.39, 0.29) is 30.5 Å². The zero-order valence-corrected chi connectivity index (χ0v) is 24.6. The average molecular weight is 569 g/mol. The largest absolute Gasteiger partial charge is 0.497 e. The zero-order chi connectivity index (χ0) is 29.3. The third-order valence-electron chi connectivity index (χ3n) is 6.52. The van der Waals surface area contributed by atoms with Crippen molar-refractivity contribution >= 4 is 15.9 Å². The first-order valence-corrected chi connectivity index (χ1v) is 14.8. The number of hydrogen-bond donors (Lipinski definition) is 2. The molecule has 3 rings (SSSR count). The van der Waals surface area contributed by atoms with Gasteiger partial charge in [-0.1, -0.05) is 62.4 Å². The van der Waals surface area contributed by atoms with E-state index in [0.717, 1.165) is 16.7 Å². The Hall–Kier alpha value is -3.40. The van der Waals surface area contributed by atoms with Gasteiger partial charge in [-0.15, -0.1) is 0 Å². The van der Waals surface area contributed by atoms with Gasteiger partial charge < -0.3 is 19.9 Å². The summed E-state index contributed by atoms with van der Waals surface area (Å²) in [4.78, 5) is 13.1. The Morgan fingerprint density at radius 1 is 0.925 bits per heavy atom. The molecular formula is C31H40N2O6S. The molecule has 0 aromatic heterocycles. The summed E-state index contributed by atoms with van der Waals surface area (Å²) in [5.74, 6) is 0.791. The van der Waals surface area contributed by atoms with Gasteiger partial charge in [0.05, 0.1) is 24.2 Å². The van der Waals surface area contributed by atoms with Gasteiger partial charge in [-0.3, -0.25) is 4.79 Å². The topological polar surface area (TPSA) is 105 Å². The van der Waals surface area contributed by atoms with Crippen LogP contribution in [0.3, 0.4) is 0 Å². The first kappa shape index (κ1) is 31.1. The maximum Gasteiger partial charge on any atom is 0.258 e. The molecule has 216 valence electrons. The Morgan fingerprint density at radius 3 is 2.12 bits per heavy atom. The Balaban J connectivity index is 1.81. The van der Waals surface area contributed by atoms with E-state index in [1.165, 1.54) is 23.5 Å². The average Bonchev–Trinajstić information content (AvgIpc) is 2.92. The zero-order valence-electron chi connectivity index (χ0n) is 23.8. The van der Waals surface area contributed by atoms with Gasteiger partial charge in [0.2, 0.25) is 10.0 Å². The summed E-state index contributed by atoms with van der Waals surface area (Å²) in [7, 11) is -2.41. The van der Waals surface area contributed by atoms with Gasteiger partial charge in [0.15, 0.2) is 6.61 Å². The third-order valence-corrected chi connectivity index (χ3v) is 8.37. The molecule has 0 aliphatic carbocycles. The van der Waals surface area contributed by atoms with E-state index in [4.69, 9.17) is 9.47 Å². The number of rotatable bonds is 14. The maximum absolute atomic E-state index is 13.6. The van der Waals surface area contributed by atoms with Crippen LogP contribution in [-0.4, -0.2) is 62.7 Å². The molecular weight excluding hydrogens is 528 g/mol. The van der Waals surface area contributed by atoms with Crippen LogP contribution in [0, 0.1) is 19.8 Å². The Kier molecular flexibility index (Phi) is 11.1. The summed E-state index contributed by atoms with van der Waals surface area (Å²) in [5, 5.41) is 14.3. The van der Waals surface area contributed by atoms with Crippen LogP contribution in [-0.2, 0) is 21.2 Å². The van der Waals surface area contributed by atoms with Crippen LogP contribution in [0.1, 0.15) is 30.5 Å². The lowest BCUT2D eigenvalue weighted by Gasteiger charge is -2.31. The fraction of sp³-hybridized carbons (Fsp3) is 0.387. The first-order chi connectivity index (χ1) is 19.0. The third kappa shape index (κ3) is 8.55. The minimum atomic E-state index is -3.93. The van der Waals surface area contributed by atoms with Gasteiger partial charge in [0, 0.05) is 13.1 Å². The number of para-hydroxylation sites is 1. The minimum absolute atomic E-state index is 0.00754. The molecule has 3 aromatic rings. The van der Waals surface area contributed by atoms with E-state index in [0.29, 0.717) is 17.9 Å². The first-order valence-electron chi connectivity index (χ1n) is 13.4. The number of ether oxygens (including phenoxy) is 2. The van der Waals surface area contributed by atoms with Crippen molar-refractivity contribution in [1.29, 1.82) is 0 Å². The second-order valence-electron chi connectivity index (χ2n) is 10.3. The number of benzene rings is 3. The van der Waals surface area contributed by atoms with Crippen LogP contribution >= 0.6 is 0 Å². The van der Waals surface area contributed by atoms with Crippen LogP contribution in [0.5, 0.6) is 11.5 Å². The summed E-state index contributed by atoms with van der Waals surface area (Å²) in [6.45, 7) is 7.43. The number of nitrogens with one attached hydrogen (secondary N) is 1. The summed E-state index contributed by atoms with van der Waals surface area (Å²) in [6.07, 6.45) is -0.869. The Bertz CT molecular complexity index is 1320. The highest BCUT2D eigenvalue weighted by Gasteiger charge is 2.31. The van der Waals surface area contributed by atoms with Crippen molar-refractivity contribution in [2.24, 2.45) is 5.92 Å². The van der Waals surface area contributed by atoms with E-state index in [2.05, 4.69) is 5.32 Å². The number of methoxy groups -OCH3 is 1. The number of aryl methyl sites for hydroxylation is 2. The molecule has 9 heteroatoms. The summed E-state index contributed by atoms with van der Waals surface area (Å²) < 4.78 is 39.4. The molecule has 0 heterocycles. The van der Waals surface area contributed by atoms with Crippen molar-refractivity contribution < 1.29 is 27.8 Å². The normalized spacial score (nSPS) is 13.2. The van der Waals surface area contributed by atoms with E-state index >= 15 is 0 Å². The lowest BCUT2D eigenvalue weighted by Crippen LogP contribution is -2.52. The van der Waals surface area contributed by atoms with Crippen LogP contribution in [0.2, 0.25) is 0 Å². The van der Waals surface area contributed by atoms with Gasteiger partial charge in [0.25, 0.3) is 5.91 Å². The Morgan fingerprint density at radius 2 is 1.55 bits per heavy atom. The van der Waals surface area contributed by atoms with Crippen molar-refractivity contribution in [1.82, 2.24) is 9.62 Å². The lowest BCUT2D eigenvalue weighted by atomic mass is 10.0. The van der Waals surface area contributed by atoms with Gasteiger partial charge in [-0.25, -0.2) is 8.42 Å². The van der Waals surface area contributed by atoms with Crippen molar-refractivity contribution in [3.8, 4) is 11.5 Å². The van der Waals surface area contributed by atoms with E-state index < -0.39 is 28.1 Å². The van der Waals surface area contributed by atoms with Crippen LogP contribution < -0.4 is 14.8 Å².